The number of amides is 4. The highest BCUT2D eigenvalue weighted by Gasteiger charge is 2.35. The minimum absolute atomic E-state index is 0.0739. The van der Waals surface area contributed by atoms with E-state index in [1.165, 1.54) is 16.1 Å². The number of fused-ring (bicyclic) bond motifs is 1. The van der Waals surface area contributed by atoms with Crippen molar-refractivity contribution in [2.24, 2.45) is 0 Å². The maximum absolute atomic E-state index is 13.1. The first-order chi connectivity index (χ1) is 16.5. The third kappa shape index (κ3) is 4.03. The monoisotopic (exact) mass is 458 g/mol. The summed E-state index contributed by atoms with van der Waals surface area (Å²) in [5.74, 6) is -0.976. The number of carbonyl (C=O) groups is 4. The Morgan fingerprint density at radius 3 is 2.53 bits per heavy atom. The Bertz CT molecular complexity index is 1250. The molecule has 1 saturated heterocycles. The fourth-order valence-electron chi connectivity index (χ4n) is 4.32. The molecular formula is C25H22N4O5. The van der Waals surface area contributed by atoms with Gasteiger partial charge in [0.2, 0.25) is 11.8 Å². The van der Waals surface area contributed by atoms with E-state index in [2.05, 4.69) is 10.6 Å². The van der Waals surface area contributed by atoms with Gasteiger partial charge in [0.15, 0.2) is 5.76 Å². The first kappa shape index (κ1) is 21.4. The molecule has 0 unspecified atom stereocenters. The van der Waals surface area contributed by atoms with Crippen molar-refractivity contribution in [3.63, 3.8) is 0 Å². The lowest BCUT2D eigenvalue weighted by atomic mass is 10.1. The molecule has 1 atom stereocenters. The van der Waals surface area contributed by atoms with Crippen molar-refractivity contribution >= 4 is 40.7 Å². The lowest BCUT2D eigenvalue weighted by Gasteiger charge is -2.29. The minimum Gasteiger partial charge on any atom is -0.459 e. The molecule has 2 aliphatic heterocycles. The molecule has 5 rings (SSSR count). The van der Waals surface area contributed by atoms with Gasteiger partial charge in [-0.25, -0.2) is 0 Å². The summed E-state index contributed by atoms with van der Waals surface area (Å²) < 4.78 is 5.18. The lowest BCUT2D eigenvalue weighted by Crippen LogP contribution is -2.43. The van der Waals surface area contributed by atoms with Crippen LogP contribution in [-0.4, -0.2) is 47.7 Å². The number of furan rings is 1. The molecule has 1 aromatic heterocycles. The number of anilines is 3. The highest BCUT2D eigenvalue weighted by molar-refractivity contribution is 6.15. The van der Waals surface area contributed by atoms with Crippen LogP contribution < -0.4 is 15.5 Å². The zero-order valence-corrected chi connectivity index (χ0v) is 18.2. The molecule has 9 nitrogen and oxygen atoms in total. The van der Waals surface area contributed by atoms with Gasteiger partial charge in [-0.15, -0.1) is 0 Å². The van der Waals surface area contributed by atoms with Gasteiger partial charge in [-0.1, -0.05) is 12.1 Å². The van der Waals surface area contributed by atoms with E-state index in [9.17, 15) is 19.2 Å². The normalized spacial score (nSPS) is 17.2. The van der Waals surface area contributed by atoms with Crippen molar-refractivity contribution in [1.29, 1.82) is 0 Å². The van der Waals surface area contributed by atoms with Gasteiger partial charge in [-0.05, 0) is 61.4 Å². The van der Waals surface area contributed by atoms with E-state index in [0.717, 1.165) is 6.42 Å². The molecule has 0 aliphatic carbocycles. The zero-order chi connectivity index (χ0) is 23.7. The smallest absolute Gasteiger partial charge is 0.290 e. The Balaban J connectivity index is 1.27. The highest BCUT2D eigenvalue weighted by Crippen LogP contribution is 2.30. The minimum atomic E-state index is -0.595. The van der Waals surface area contributed by atoms with E-state index < -0.39 is 6.04 Å². The Morgan fingerprint density at radius 1 is 0.971 bits per heavy atom. The second-order valence-electron chi connectivity index (χ2n) is 8.16. The molecule has 0 radical (unpaired) electrons. The molecule has 172 valence electrons. The van der Waals surface area contributed by atoms with Crippen LogP contribution in [0.25, 0.3) is 0 Å². The van der Waals surface area contributed by atoms with Crippen LogP contribution in [0.3, 0.4) is 0 Å². The number of rotatable bonds is 4. The summed E-state index contributed by atoms with van der Waals surface area (Å²) in [4.78, 5) is 53.6. The van der Waals surface area contributed by atoms with Crippen LogP contribution in [0.4, 0.5) is 17.1 Å². The predicted octanol–water partition coefficient (Wildman–Crippen LogP) is 3.12. The summed E-state index contributed by atoms with van der Waals surface area (Å²) in [6.07, 6.45) is 2.71. The SMILES string of the molecule is O=C1CN(C(=O)c2ccc(NC(=O)[C@@H]3CCCN3C(=O)c3ccco3)cc2)c2ccccc2N1. The largest absolute Gasteiger partial charge is 0.459 e. The van der Waals surface area contributed by atoms with Crippen LogP contribution in [0.2, 0.25) is 0 Å². The molecule has 2 aliphatic rings. The van der Waals surface area contributed by atoms with E-state index in [1.807, 2.05) is 0 Å². The second-order valence-corrected chi connectivity index (χ2v) is 8.16. The average molecular weight is 458 g/mol. The molecule has 3 aromatic rings. The van der Waals surface area contributed by atoms with E-state index in [0.29, 0.717) is 35.6 Å². The maximum Gasteiger partial charge on any atom is 0.290 e. The molecule has 34 heavy (non-hydrogen) atoms. The van der Waals surface area contributed by atoms with Gasteiger partial charge in [0.05, 0.1) is 17.6 Å². The molecule has 1 fully saturated rings. The number of para-hydroxylation sites is 2. The Labute approximate surface area is 195 Å². The van der Waals surface area contributed by atoms with E-state index in [1.54, 1.807) is 60.7 Å². The van der Waals surface area contributed by atoms with Crippen LogP contribution in [0.15, 0.2) is 71.3 Å². The topological polar surface area (TPSA) is 112 Å². The van der Waals surface area contributed by atoms with Gasteiger partial charge in [0.1, 0.15) is 12.6 Å². The number of nitrogens with one attached hydrogen (secondary N) is 2. The molecular weight excluding hydrogens is 436 g/mol. The Hall–Kier alpha value is -4.40. The number of likely N-dealkylation sites (tertiary alicyclic amines) is 1. The quantitative estimate of drug-likeness (QED) is 0.624. The van der Waals surface area contributed by atoms with Crippen LogP contribution in [0.1, 0.15) is 33.8 Å². The molecule has 0 saturated carbocycles. The first-order valence-corrected chi connectivity index (χ1v) is 11.0. The first-order valence-electron chi connectivity index (χ1n) is 11.0. The standard InChI is InChI=1S/C25H22N4O5/c30-22-15-29(19-6-2-1-5-18(19)27-22)24(32)16-9-11-17(12-10-16)26-23(31)20-7-3-13-28(20)25(33)21-8-4-14-34-21/h1-2,4-6,8-12,14,20H,3,7,13,15H2,(H,26,31)(H,27,30)/t20-/m0/s1. The highest BCUT2D eigenvalue weighted by atomic mass is 16.3. The second kappa shape index (κ2) is 8.86. The number of hydrogen-bond donors (Lipinski definition) is 2. The summed E-state index contributed by atoms with van der Waals surface area (Å²) in [6.45, 7) is 0.408. The molecule has 3 heterocycles. The van der Waals surface area contributed by atoms with Gasteiger partial charge in [0, 0.05) is 17.8 Å². The summed E-state index contributed by atoms with van der Waals surface area (Å²) in [6, 6.07) is 16.2. The predicted molar refractivity (Wildman–Crippen MR) is 125 cm³/mol. The Morgan fingerprint density at radius 2 is 1.76 bits per heavy atom. The summed E-state index contributed by atoms with van der Waals surface area (Å²) in [5.41, 5.74) is 2.11. The third-order valence-electron chi connectivity index (χ3n) is 5.96. The van der Waals surface area contributed by atoms with Gasteiger partial charge < -0.3 is 20.0 Å². The van der Waals surface area contributed by atoms with E-state index in [-0.39, 0.29) is 35.9 Å². The van der Waals surface area contributed by atoms with E-state index >= 15 is 0 Å². The molecule has 2 aromatic carbocycles. The average Bonchev–Trinajstić information content (AvgIpc) is 3.56. The zero-order valence-electron chi connectivity index (χ0n) is 18.2. The number of benzene rings is 2. The summed E-state index contributed by atoms with van der Waals surface area (Å²) >= 11 is 0. The van der Waals surface area contributed by atoms with Crippen LogP contribution in [0, 0.1) is 0 Å². The van der Waals surface area contributed by atoms with Gasteiger partial charge >= 0.3 is 0 Å². The Kier molecular flexibility index (Phi) is 5.59. The van der Waals surface area contributed by atoms with Crippen molar-refractivity contribution in [2.45, 2.75) is 18.9 Å². The van der Waals surface area contributed by atoms with E-state index in [4.69, 9.17) is 4.42 Å². The van der Waals surface area contributed by atoms with Gasteiger partial charge in [-0.3, -0.25) is 24.1 Å². The van der Waals surface area contributed by atoms with Gasteiger partial charge in [-0.2, -0.15) is 0 Å². The third-order valence-corrected chi connectivity index (χ3v) is 5.96. The number of carbonyl (C=O) groups excluding carboxylic acids is 4. The van der Waals surface area contributed by atoms with Crippen molar-refractivity contribution in [3.8, 4) is 0 Å². The molecule has 4 amide bonds. The van der Waals surface area contributed by atoms with Crippen molar-refractivity contribution in [2.75, 3.05) is 28.6 Å². The molecule has 9 heteroatoms. The molecule has 0 spiro atoms. The fourth-order valence-corrected chi connectivity index (χ4v) is 4.32. The summed E-state index contributed by atoms with van der Waals surface area (Å²) in [5, 5.41) is 5.59. The van der Waals surface area contributed by atoms with Crippen molar-refractivity contribution in [1.82, 2.24) is 4.90 Å². The lowest BCUT2D eigenvalue weighted by molar-refractivity contribution is -0.119. The van der Waals surface area contributed by atoms with Crippen molar-refractivity contribution < 1.29 is 23.6 Å². The van der Waals surface area contributed by atoms with Crippen LogP contribution >= 0.6 is 0 Å². The van der Waals surface area contributed by atoms with Crippen molar-refractivity contribution in [3.05, 3.63) is 78.3 Å². The van der Waals surface area contributed by atoms with Crippen LogP contribution in [-0.2, 0) is 9.59 Å². The summed E-state index contributed by atoms with van der Waals surface area (Å²) in [7, 11) is 0. The van der Waals surface area contributed by atoms with Crippen LogP contribution in [0.5, 0.6) is 0 Å². The van der Waals surface area contributed by atoms with Gasteiger partial charge in [0.25, 0.3) is 11.8 Å². The number of nitrogens with zero attached hydrogens (tertiary/aromatic N) is 2. The fraction of sp³-hybridized carbons (Fsp3) is 0.200. The molecule has 0 bridgehead atoms. The maximum atomic E-state index is 13.1. The molecule has 2 N–H and O–H groups in total. The number of hydrogen-bond acceptors (Lipinski definition) is 5.